The standard InChI is InChI=1S/C15H13Cl2NO3/c1-20-9-6-7-10(13(8-9)21-2)15(19)18-12-5-3-4-11(16)14(12)17/h3-8H,1-2H3,(H,18,19). The van der Waals surface area contributed by atoms with E-state index in [0.717, 1.165) is 0 Å². The molecule has 0 spiro atoms. The van der Waals surface area contributed by atoms with Crippen molar-refractivity contribution in [1.82, 2.24) is 0 Å². The van der Waals surface area contributed by atoms with Crippen LogP contribution in [-0.4, -0.2) is 20.1 Å². The fraction of sp³-hybridized carbons (Fsp3) is 0.133. The SMILES string of the molecule is COc1ccc(C(=O)Nc2cccc(Cl)c2Cl)c(OC)c1. The van der Waals surface area contributed by atoms with Crippen molar-refractivity contribution in [1.29, 1.82) is 0 Å². The van der Waals surface area contributed by atoms with Gasteiger partial charge in [0.2, 0.25) is 0 Å². The number of carbonyl (C=O) groups excluding carboxylic acids is 1. The van der Waals surface area contributed by atoms with Crippen molar-refractivity contribution in [3.8, 4) is 11.5 Å². The lowest BCUT2D eigenvalue weighted by Crippen LogP contribution is -2.13. The normalized spacial score (nSPS) is 10.1. The van der Waals surface area contributed by atoms with Crippen LogP contribution in [0.2, 0.25) is 10.0 Å². The lowest BCUT2D eigenvalue weighted by Gasteiger charge is -2.12. The van der Waals surface area contributed by atoms with Gasteiger partial charge < -0.3 is 14.8 Å². The van der Waals surface area contributed by atoms with Gasteiger partial charge in [-0.15, -0.1) is 0 Å². The van der Waals surface area contributed by atoms with Crippen LogP contribution in [0.5, 0.6) is 11.5 Å². The Hall–Kier alpha value is -1.91. The molecule has 1 N–H and O–H groups in total. The number of nitrogens with one attached hydrogen (secondary N) is 1. The van der Waals surface area contributed by atoms with Gasteiger partial charge in [-0.3, -0.25) is 4.79 Å². The number of rotatable bonds is 4. The Labute approximate surface area is 132 Å². The Bertz CT molecular complexity index is 674. The van der Waals surface area contributed by atoms with E-state index >= 15 is 0 Å². The van der Waals surface area contributed by atoms with Gasteiger partial charge in [0.05, 0.1) is 35.5 Å². The van der Waals surface area contributed by atoms with Crippen LogP contribution in [0.25, 0.3) is 0 Å². The summed E-state index contributed by atoms with van der Waals surface area (Å²) < 4.78 is 10.3. The molecule has 2 aromatic carbocycles. The van der Waals surface area contributed by atoms with Gasteiger partial charge in [-0.25, -0.2) is 0 Å². The molecule has 2 aromatic rings. The lowest BCUT2D eigenvalue weighted by molar-refractivity contribution is 0.102. The summed E-state index contributed by atoms with van der Waals surface area (Å²) in [5, 5.41) is 3.37. The maximum Gasteiger partial charge on any atom is 0.259 e. The summed E-state index contributed by atoms with van der Waals surface area (Å²) in [6, 6.07) is 9.95. The Balaban J connectivity index is 2.30. The Morgan fingerprint density at radius 3 is 2.52 bits per heavy atom. The van der Waals surface area contributed by atoms with E-state index in [1.165, 1.54) is 7.11 Å². The molecule has 4 nitrogen and oxygen atoms in total. The molecular formula is C15H13Cl2NO3. The minimum absolute atomic E-state index is 0.292. The van der Waals surface area contributed by atoms with Crippen LogP contribution in [-0.2, 0) is 0 Å². The van der Waals surface area contributed by atoms with Crippen LogP contribution in [0, 0.1) is 0 Å². The molecule has 110 valence electrons. The molecule has 0 bridgehead atoms. The Morgan fingerprint density at radius 1 is 1.10 bits per heavy atom. The molecule has 0 radical (unpaired) electrons. The van der Waals surface area contributed by atoms with Crippen LogP contribution in [0.4, 0.5) is 5.69 Å². The van der Waals surface area contributed by atoms with Crippen molar-refractivity contribution in [2.45, 2.75) is 0 Å². The number of hydrogen-bond donors (Lipinski definition) is 1. The van der Waals surface area contributed by atoms with Gasteiger partial charge >= 0.3 is 0 Å². The molecule has 1 amide bonds. The van der Waals surface area contributed by atoms with E-state index < -0.39 is 0 Å². The van der Waals surface area contributed by atoms with Crippen molar-refractivity contribution in [3.63, 3.8) is 0 Å². The molecule has 0 unspecified atom stereocenters. The van der Waals surface area contributed by atoms with Gasteiger partial charge in [-0.05, 0) is 24.3 Å². The number of ether oxygens (including phenoxy) is 2. The molecule has 0 saturated carbocycles. The molecule has 0 aliphatic rings. The van der Waals surface area contributed by atoms with Crippen molar-refractivity contribution >= 4 is 34.8 Å². The predicted molar refractivity (Wildman–Crippen MR) is 84.0 cm³/mol. The van der Waals surface area contributed by atoms with Crippen LogP contribution in [0.1, 0.15) is 10.4 Å². The summed E-state index contributed by atoms with van der Waals surface area (Å²) in [5.41, 5.74) is 0.807. The average Bonchev–Trinajstić information content (AvgIpc) is 2.51. The van der Waals surface area contributed by atoms with E-state index in [0.29, 0.717) is 32.8 Å². The van der Waals surface area contributed by atoms with Crippen LogP contribution in [0.3, 0.4) is 0 Å². The van der Waals surface area contributed by atoms with Crippen LogP contribution >= 0.6 is 23.2 Å². The zero-order valence-corrected chi connectivity index (χ0v) is 13.0. The number of benzene rings is 2. The monoisotopic (exact) mass is 325 g/mol. The summed E-state index contributed by atoms with van der Waals surface area (Å²) in [4.78, 5) is 12.3. The van der Waals surface area contributed by atoms with Crippen molar-refractivity contribution in [2.24, 2.45) is 0 Å². The van der Waals surface area contributed by atoms with Gasteiger partial charge in [0.25, 0.3) is 5.91 Å². The Kier molecular flexibility index (Phi) is 4.94. The van der Waals surface area contributed by atoms with E-state index in [1.54, 1.807) is 43.5 Å². The highest BCUT2D eigenvalue weighted by atomic mass is 35.5. The number of carbonyl (C=O) groups is 1. The summed E-state index contributed by atoms with van der Waals surface area (Å²) >= 11 is 12.0. The number of amides is 1. The summed E-state index contributed by atoms with van der Waals surface area (Å²) in [6.07, 6.45) is 0. The maximum atomic E-state index is 12.3. The van der Waals surface area contributed by atoms with E-state index in [-0.39, 0.29) is 5.91 Å². The minimum Gasteiger partial charge on any atom is -0.497 e. The smallest absolute Gasteiger partial charge is 0.259 e. The largest absolute Gasteiger partial charge is 0.497 e. The first-order valence-electron chi connectivity index (χ1n) is 6.04. The van der Waals surface area contributed by atoms with E-state index in [1.807, 2.05) is 0 Å². The second-order valence-electron chi connectivity index (χ2n) is 4.12. The highest BCUT2D eigenvalue weighted by molar-refractivity contribution is 6.44. The third-order valence-corrected chi connectivity index (χ3v) is 3.67. The Morgan fingerprint density at radius 2 is 1.86 bits per heavy atom. The van der Waals surface area contributed by atoms with Gasteiger partial charge in [-0.2, -0.15) is 0 Å². The van der Waals surface area contributed by atoms with Crippen LogP contribution in [0.15, 0.2) is 36.4 Å². The van der Waals surface area contributed by atoms with Gasteiger partial charge in [0.1, 0.15) is 11.5 Å². The molecule has 6 heteroatoms. The maximum absolute atomic E-state index is 12.3. The molecule has 2 rings (SSSR count). The van der Waals surface area contributed by atoms with E-state index in [2.05, 4.69) is 5.32 Å². The predicted octanol–water partition coefficient (Wildman–Crippen LogP) is 4.26. The first-order valence-corrected chi connectivity index (χ1v) is 6.79. The van der Waals surface area contributed by atoms with Gasteiger partial charge in [-0.1, -0.05) is 29.3 Å². The van der Waals surface area contributed by atoms with E-state index in [9.17, 15) is 4.79 Å². The summed E-state index contributed by atoms with van der Waals surface area (Å²) in [5.74, 6) is 0.660. The first-order chi connectivity index (χ1) is 10.1. The van der Waals surface area contributed by atoms with Crippen molar-refractivity contribution < 1.29 is 14.3 Å². The topological polar surface area (TPSA) is 47.6 Å². The molecule has 0 atom stereocenters. The quantitative estimate of drug-likeness (QED) is 0.913. The van der Waals surface area contributed by atoms with Crippen molar-refractivity contribution in [2.75, 3.05) is 19.5 Å². The fourth-order valence-corrected chi connectivity index (χ4v) is 2.12. The molecule has 0 heterocycles. The first kappa shape index (κ1) is 15.5. The molecule has 0 aliphatic carbocycles. The third-order valence-electron chi connectivity index (χ3n) is 2.85. The lowest BCUT2D eigenvalue weighted by atomic mass is 10.1. The molecule has 0 aromatic heterocycles. The number of anilines is 1. The number of halogens is 2. The number of methoxy groups -OCH3 is 2. The molecular weight excluding hydrogens is 313 g/mol. The third kappa shape index (κ3) is 3.40. The average molecular weight is 326 g/mol. The van der Waals surface area contributed by atoms with Crippen molar-refractivity contribution in [3.05, 3.63) is 52.0 Å². The highest BCUT2D eigenvalue weighted by Gasteiger charge is 2.15. The zero-order valence-electron chi connectivity index (χ0n) is 11.4. The van der Waals surface area contributed by atoms with Crippen LogP contribution < -0.4 is 14.8 Å². The summed E-state index contributed by atoms with van der Waals surface area (Å²) in [6.45, 7) is 0. The molecule has 0 saturated heterocycles. The highest BCUT2D eigenvalue weighted by Crippen LogP contribution is 2.31. The molecule has 0 aliphatic heterocycles. The number of hydrogen-bond acceptors (Lipinski definition) is 3. The molecule has 0 fully saturated rings. The molecule has 21 heavy (non-hydrogen) atoms. The fourth-order valence-electron chi connectivity index (χ4n) is 1.78. The summed E-state index contributed by atoms with van der Waals surface area (Å²) in [7, 11) is 3.03. The van der Waals surface area contributed by atoms with Gasteiger partial charge in [0.15, 0.2) is 0 Å². The zero-order chi connectivity index (χ0) is 15.4. The second-order valence-corrected chi connectivity index (χ2v) is 4.91. The van der Waals surface area contributed by atoms with E-state index in [4.69, 9.17) is 32.7 Å². The minimum atomic E-state index is -0.348. The second kappa shape index (κ2) is 6.70. The van der Waals surface area contributed by atoms with Gasteiger partial charge in [0, 0.05) is 6.07 Å².